The lowest BCUT2D eigenvalue weighted by Gasteiger charge is -2.01. The lowest BCUT2D eigenvalue weighted by Crippen LogP contribution is -2.10. The molecule has 0 aromatic rings. The molecular formula is C8H12O4. The molecule has 4 heteroatoms. The number of rotatable bonds is 6. The summed E-state index contributed by atoms with van der Waals surface area (Å²) in [4.78, 5) is 10.5. The monoisotopic (exact) mass is 172 g/mol. The minimum atomic E-state index is -0.415. The van der Waals surface area contributed by atoms with Gasteiger partial charge in [0.15, 0.2) is 0 Å². The first kappa shape index (κ1) is 9.22. The fourth-order valence-corrected chi connectivity index (χ4v) is 0.639. The number of carbonyl (C=O) groups is 1. The van der Waals surface area contributed by atoms with Crippen LogP contribution in [0.2, 0.25) is 0 Å². The molecule has 0 aromatic heterocycles. The summed E-state index contributed by atoms with van der Waals surface area (Å²) in [6.07, 6.45) is 1.39. The van der Waals surface area contributed by atoms with Crippen LogP contribution in [-0.2, 0) is 19.0 Å². The van der Waals surface area contributed by atoms with E-state index in [1.54, 1.807) is 0 Å². The Morgan fingerprint density at radius 3 is 3.00 bits per heavy atom. The predicted molar refractivity (Wildman–Crippen MR) is 41.7 cm³/mol. The maximum atomic E-state index is 10.5. The first-order valence-corrected chi connectivity index (χ1v) is 3.81. The van der Waals surface area contributed by atoms with Crippen molar-refractivity contribution in [2.24, 2.45) is 0 Å². The first-order valence-electron chi connectivity index (χ1n) is 3.81. The normalized spacial score (nSPS) is 20.2. The van der Waals surface area contributed by atoms with E-state index in [-0.39, 0.29) is 12.7 Å². The molecule has 0 saturated carbocycles. The van der Waals surface area contributed by atoms with Crippen molar-refractivity contribution in [2.45, 2.75) is 6.10 Å². The third-order valence-corrected chi connectivity index (χ3v) is 1.34. The number of ether oxygens (including phenoxy) is 3. The molecule has 0 N–H and O–H groups in total. The lowest BCUT2D eigenvalue weighted by atomic mass is 10.5. The Hall–Kier alpha value is -0.870. The van der Waals surface area contributed by atoms with E-state index in [9.17, 15) is 4.79 Å². The van der Waals surface area contributed by atoms with Crippen molar-refractivity contribution in [3.05, 3.63) is 12.7 Å². The summed E-state index contributed by atoms with van der Waals surface area (Å²) in [5.41, 5.74) is 0. The standard InChI is InChI=1S/C8H12O4/c1-2-8(9)11-4-3-10-5-7-6-12-7/h2,7H,1,3-6H2. The van der Waals surface area contributed by atoms with E-state index in [4.69, 9.17) is 9.47 Å². The zero-order valence-corrected chi connectivity index (χ0v) is 6.82. The van der Waals surface area contributed by atoms with Crippen LogP contribution in [0.1, 0.15) is 0 Å². The van der Waals surface area contributed by atoms with E-state index < -0.39 is 5.97 Å². The zero-order chi connectivity index (χ0) is 8.81. The fraction of sp³-hybridized carbons (Fsp3) is 0.625. The highest BCUT2D eigenvalue weighted by molar-refractivity contribution is 5.81. The van der Waals surface area contributed by atoms with Crippen LogP contribution in [0.5, 0.6) is 0 Å². The molecule has 1 aliphatic heterocycles. The number of esters is 1. The molecule has 1 unspecified atom stereocenters. The second-order valence-electron chi connectivity index (χ2n) is 2.40. The van der Waals surface area contributed by atoms with Gasteiger partial charge in [0, 0.05) is 6.08 Å². The molecule has 1 saturated heterocycles. The third kappa shape index (κ3) is 4.10. The van der Waals surface area contributed by atoms with Gasteiger partial charge in [0.2, 0.25) is 0 Å². The van der Waals surface area contributed by atoms with Crippen LogP contribution in [0.3, 0.4) is 0 Å². The highest BCUT2D eigenvalue weighted by atomic mass is 16.6. The minimum absolute atomic E-state index is 0.264. The number of carbonyl (C=O) groups excluding carboxylic acids is 1. The topological polar surface area (TPSA) is 48.1 Å². The summed E-state index contributed by atoms with van der Waals surface area (Å²) in [5, 5.41) is 0. The Morgan fingerprint density at radius 2 is 2.42 bits per heavy atom. The molecule has 0 aromatic carbocycles. The number of hydrogen-bond acceptors (Lipinski definition) is 4. The van der Waals surface area contributed by atoms with Crippen LogP contribution >= 0.6 is 0 Å². The first-order chi connectivity index (χ1) is 5.83. The van der Waals surface area contributed by atoms with Gasteiger partial charge in [-0.15, -0.1) is 0 Å². The summed E-state index contributed by atoms with van der Waals surface area (Å²) in [6.45, 7) is 5.33. The molecule has 1 aliphatic rings. The van der Waals surface area contributed by atoms with Gasteiger partial charge in [0.1, 0.15) is 12.7 Å². The van der Waals surface area contributed by atoms with Gasteiger partial charge in [-0.2, -0.15) is 0 Å². The van der Waals surface area contributed by atoms with Crippen LogP contribution in [0.25, 0.3) is 0 Å². The Labute approximate surface area is 71.1 Å². The van der Waals surface area contributed by atoms with E-state index in [0.717, 1.165) is 12.7 Å². The van der Waals surface area contributed by atoms with E-state index >= 15 is 0 Å². The van der Waals surface area contributed by atoms with Gasteiger partial charge in [0.25, 0.3) is 0 Å². The zero-order valence-electron chi connectivity index (χ0n) is 6.82. The van der Waals surface area contributed by atoms with Crippen LogP contribution in [-0.4, -0.2) is 38.5 Å². The molecule has 4 nitrogen and oxygen atoms in total. The Bertz CT molecular complexity index is 162. The van der Waals surface area contributed by atoms with Gasteiger partial charge in [-0.05, 0) is 0 Å². The Morgan fingerprint density at radius 1 is 1.67 bits per heavy atom. The Kier molecular flexibility index (Phi) is 3.76. The van der Waals surface area contributed by atoms with Crippen molar-refractivity contribution >= 4 is 5.97 Å². The van der Waals surface area contributed by atoms with Crippen LogP contribution in [0.15, 0.2) is 12.7 Å². The Balaban J connectivity index is 1.81. The molecule has 0 aliphatic carbocycles. The van der Waals surface area contributed by atoms with E-state index in [1.807, 2.05) is 0 Å². The van der Waals surface area contributed by atoms with E-state index in [2.05, 4.69) is 11.3 Å². The molecule has 1 heterocycles. The second kappa shape index (κ2) is 4.90. The molecule has 68 valence electrons. The molecule has 0 bridgehead atoms. The average Bonchev–Trinajstić information content (AvgIpc) is 2.87. The van der Waals surface area contributed by atoms with Crippen molar-refractivity contribution < 1.29 is 19.0 Å². The van der Waals surface area contributed by atoms with Crippen molar-refractivity contribution in [1.82, 2.24) is 0 Å². The molecule has 0 amide bonds. The summed E-state index contributed by atoms with van der Waals surface area (Å²) < 4.78 is 14.7. The van der Waals surface area contributed by atoms with Crippen molar-refractivity contribution in [2.75, 3.05) is 26.4 Å². The lowest BCUT2D eigenvalue weighted by molar-refractivity contribution is -0.139. The quantitative estimate of drug-likeness (QED) is 0.247. The molecule has 1 atom stereocenters. The van der Waals surface area contributed by atoms with Gasteiger partial charge >= 0.3 is 5.97 Å². The maximum absolute atomic E-state index is 10.5. The summed E-state index contributed by atoms with van der Waals surface area (Å²) in [5.74, 6) is -0.415. The molecule has 0 radical (unpaired) electrons. The highest BCUT2D eigenvalue weighted by Crippen LogP contribution is 2.07. The van der Waals surface area contributed by atoms with Gasteiger partial charge in [-0.1, -0.05) is 6.58 Å². The van der Waals surface area contributed by atoms with Gasteiger partial charge in [0.05, 0.1) is 19.8 Å². The molecular weight excluding hydrogens is 160 g/mol. The van der Waals surface area contributed by atoms with Gasteiger partial charge < -0.3 is 14.2 Å². The van der Waals surface area contributed by atoms with Crippen LogP contribution < -0.4 is 0 Å². The summed E-state index contributed by atoms with van der Waals surface area (Å²) >= 11 is 0. The van der Waals surface area contributed by atoms with Gasteiger partial charge in [-0.3, -0.25) is 0 Å². The van der Waals surface area contributed by atoms with E-state index in [0.29, 0.717) is 13.2 Å². The minimum Gasteiger partial charge on any atom is -0.460 e. The summed E-state index contributed by atoms with van der Waals surface area (Å²) in [6, 6.07) is 0. The number of epoxide rings is 1. The van der Waals surface area contributed by atoms with Crippen molar-refractivity contribution in [1.29, 1.82) is 0 Å². The predicted octanol–water partition coefficient (Wildman–Crippen LogP) is 0.131. The summed E-state index contributed by atoms with van der Waals surface area (Å²) in [7, 11) is 0. The van der Waals surface area contributed by atoms with Gasteiger partial charge in [-0.25, -0.2) is 4.79 Å². The number of hydrogen-bond donors (Lipinski definition) is 0. The average molecular weight is 172 g/mol. The van der Waals surface area contributed by atoms with Crippen LogP contribution in [0.4, 0.5) is 0 Å². The fourth-order valence-electron chi connectivity index (χ4n) is 0.639. The van der Waals surface area contributed by atoms with E-state index in [1.165, 1.54) is 0 Å². The maximum Gasteiger partial charge on any atom is 0.330 e. The second-order valence-corrected chi connectivity index (χ2v) is 2.40. The van der Waals surface area contributed by atoms with Crippen molar-refractivity contribution in [3.8, 4) is 0 Å². The molecule has 1 fully saturated rings. The molecule has 0 spiro atoms. The largest absolute Gasteiger partial charge is 0.460 e. The molecule has 1 rings (SSSR count). The smallest absolute Gasteiger partial charge is 0.330 e. The highest BCUT2D eigenvalue weighted by Gasteiger charge is 2.21. The SMILES string of the molecule is C=CC(=O)OCCOCC1CO1. The van der Waals surface area contributed by atoms with Crippen LogP contribution in [0, 0.1) is 0 Å². The third-order valence-electron chi connectivity index (χ3n) is 1.34. The van der Waals surface area contributed by atoms with Crippen molar-refractivity contribution in [3.63, 3.8) is 0 Å². The molecule has 12 heavy (non-hydrogen) atoms.